The first-order valence-electron chi connectivity index (χ1n) is 5.96. The Kier molecular flexibility index (Phi) is 5.64. The van der Waals surface area contributed by atoms with Gasteiger partial charge in [0, 0.05) is 38.2 Å². The van der Waals surface area contributed by atoms with E-state index in [1.165, 1.54) is 24.4 Å². The lowest BCUT2D eigenvalue weighted by Crippen LogP contribution is -2.34. The predicted molar refractivity (Wildman–Crippen MR) is 75.1 cm³/mol. The van der Waals surface area contributed by atoms with Crippen LogP contribution in [-0.2, 0) is 0 Å². The van der Waals surface area contributed by atoms with E-state index >= 15 is 0 Å². The zero-order valence-corrected chi connectivity index (χ0v) is 12.2. The van der Waals surface area contributed by atoms with E-state index in [1.807, 2.05) is 19.0 Å². The Bertz CT molecular complexity index is 323. The quantitative estimate of drug-likeness (QED) is 0.806. The SMILES string of the molecule is CCC[C@H](CNc1nc(N(C)C)ns1)N(C)C. The van der Waals surface area contributed by atoms with E-state index in [-0.39, 0.29) is 0 Å². The fourth-order valence-electron chi connectivity index (χ4n) is 1.55. The van der Waals surface area contributed by atoms with Crippen LogP contribution in [0.4, 0.5) is 11.1 Å². The van der Waals surface area contributed by atoms with Crippen LogP contribution in [0.3, 0.4) is 0 Å². The number of aromatic nitrogens is 2. The van der Waals surface area contributed by atoms with Gasteiger partial charge in [-0.25, -0.2) is 0 Å². The molecule has 1 rings (SSSR count). The minimum absolute atomic E-state index is 0.548. The highest BCUT2D eigenvalue weighted by molar-refractivity contribution is 7.09. The number of nitrogens with one attached hydrogen (secondary N) is 1. The molecule has 0 saturated heterocycles. The summed E-state index contributed by atoms with van der Waals surface area (Å²) in [6.45, 7) is 3.13. The van der Waals surface area contributed by atoms with Crippen LogP contribution in [0.1, 0.15) is 19.8 Å². The van der Waals surface area contributed by atoms with Gasteiger partial charge in [-0.05, 0) is 20.5 Å². The molecule has 0 aliphatic heterocycles. The molecule has 0 spiro atoms. The van der Waals surface area contributed by atoms with Crippen molar-refractivity contribution in [2.75, 3.05) is 45.0 Å². The molecule has 0 radical (unpaired) electrons. The largest absolute Gasteiger partial charge is 0.359 e. The molecule has 1 aromatic heterocycles. The van der Waals surface area contributed by atoms with Gasteiger partial charge < -0.3 is 15.1 Å². The van der Waals surface area contributed by atoms with Gasteiger partial charge in [-0.15, -0.1) is 0 Å². The van der Waals surface area contributed by atoms with Gasteiger partial charge >= 0.3 is 0 Å². The summed E-state index contributed by atoms with van der Waals surface area (Å²) in [5.74, 6) is 0.773. The molecule has 5 nitrogen and oxygen atoms in total. The van der Waals surface area contributed by atoms with Crippen LogP contribution in [0, 0.1) is 0 Å². The van der Waals surface area contributed by atoms with Crippen LogP contribution < -0.4 is 10.2 Å². The molecule has 0 unspecified atom stereocenters. The topological polar surface area (TPSA) is 44.3 Å². The third kappa shape index (κ3) is 4.47. The third-order valence-corrected chi connectivity index (χ3v) is 3.32. The highest BCUT2D eigenvalue weighted by Gasteiger charge is 2.11. The van der Waals surface area contributed by atoms with E-state index in [0.29, 0.717) is 6.04 Å². The van der Waals surface area contributed by atoms with Crippen LogP contribution in [0.2, 0.25) is 0 Å². The molecule has 0 bridgehead atoms. The summed E-state index contributed by atoms with van der Waals surface area (Å²) < 4.78 is 4.26. The van der Waals surface area contributed by atoms with Crippen LogP contribution >= 0.6 is 11.5 Å². The molecule has 6 heteroatoms. The third-order valence-electron chi connectivity index (χ3n) is 2.66. The van der Waals surface area contributed by atoms with Crippen molar-refractivity contribution in [1.82, 2.24) is 14.3 Å². The van der Waals surface area contributed by atoms with Crippen molar-refractivity contribution in [2.24, 2.45) is 0 Å². The monoisotopic (exact) mass is 257 g/mol. The maximum absolute atomic E-state index is 4.40. The zero-order chi connectivity index (χ0) is 12.8. The number of hydrogen-bond acceptors (Lipinski definition) is 6. The summed E-state index contributed by atoms with van der Waals surface area (Å²) in [4.78, 5) is 8.57. The van der Waals surface area contributed by atoms with Crippen molar-refractivity contribution in [3.8, 4) is 0 Å². The second-order valence-corrected chi connectivity index (χ2v) is 5.33. The number of anilines is 2. The molecule has 98 valence electrons. The van der Waals surface area contributed by atoms with Gasteiger partial charge in [0.25, 0.3) is 0 Å². The van der Waals surface area contributed by atoms with Crippen molar-refractivity contribution >= 4 is 22.6 Å². The van der Waals surface area contributed by atoms with E-state index in [2.05, 4.69) is 40.6 Å². The fourth-order valence-corrected chi connectivity index (χ4v) is 2.19. The van der Waals surface area contributed by atoms with E-state index in [4.69, 9.17) is 0 Å². The van der Waals surface area contributed by atoms with E-state index in [9.17, 15) is 0 Å². The lowest BCUT2D eigenvalue weighted by atomic mass is 10.1. The predicted octanol–water partition coefficient (Wildman–Crippen LogP) is 1.75. The molecule has 0 amide bonds. The smallest absolute Gasteiger partial charge is 0.238 e. The van der Waals surface area contributed by atoms with Crippen LogP contribution in [0.15, 0.2) is 0 Å². The Morgan fingerprint density at radius 1 is 1.29 bits per heavy atom. The average molecular weight is 257 g/mol. The van der Waals surface area contributed by atoms with E-state index in [1.54, 1.807) is 0 Å². The molecular formula is C11H23N5S. The Labute approximate surface area is 108 Å². The maximum atomic E-state index is 4.40. The normalized spacial score (nSPS) is 12.8. The molecule has 0 fully saturated rings. The van der Waals surface area contributed by atoms with Crippen molar-refractivity contribution in [3.63, 3.8) is 0 Å². The average Bonchev–Trinajstić information content (AvgIpc) is 2.72. The Morgan fingerprint density at radius 2 is 2.00 bits per heavy atom. The van der Waals surface area contributed by atoms with Gasteiger partial charge in [-0.2, -0.15) is 9.36 Å². The number of likely N-dealkylation sites (N-methyl/N-ethyl adjacent to an activating group) is 1. The highest BCUT2D eigenvalue weighted by Crippen LogP contribution is 2.16. The van der Waals surface area contributed by atoms with Gasteiger partial charge in [-0.1, -0.05) is 13.3 Å². The molecule has 1 atom stereocenters. The molecule has 1 N–H and O–H groups in total. The minimum Gasteiger partial charge on any atom is -0.359 e. The zero-order valence-electron chi connectivity index (χ0n) is 11.4. The molecule has 1 aromatic rings. The lowest BCUT2D eigenvalue weighted by Gasteiger charge is -2.23. The van der Waals surface area contributed by atoms with Crippen LogP contribution in [-0.4, -0.2) is 55.0 Å². The van der Waals surface area contributed by atoms with Crippen LogP contribution in [0.5, 0.6) is 0 Å². The summed E-state index contributed by atoms with van der Waals surface area (Å²) in [7, 11) is 8.14. The summed E-state index contributed by atoms with van der Waals surface area (Å²) >= 11 is 1.42. The van der Waals surface area contributed by atoms with Gasteiger partial charge in [0.15, 0.2) is 0 Å². The molecule has 0 aliphatic rings. The summed E-state index contributed by atoms with van der Waals surface area (Å²) in [6, 6.07) is 0.548. The standard InChI is InChI=1S/C11H23N5S/c1-6-7-9(15(2)3)8-12-11-13-10(14-17-11)16(4)5/h9H,6-8H2,1-5H3,(H,12,13,14)/t9-/m1/s1. The molecule has 1 heterocycles. The summed E-state index contributed by atoms with van der Waals surface area (Å²) in [5, 5.41) is 4.26. The second-order valence-electron chi connectivity index (χ2n) is 4.58. The van der Waals surface area contributed by atoms with Gasteiger partial charge in [0.2, 0.25) is 11.1 Å². The Balaban J connectivity index is 2.47. The number of nitrogens with zero attached hydrogens (tertiary/aromatic N) is 4. The maximum Gasteiger partial charge on any atom is 0.238 e. The first-order valence-corrected chi connectivity index (χ1v) is 6.73. The van der Waals surface area contributed by atoms with Crippen molar-refractivity contribution in [1.29, 1.82) is 0 Å². The van der Waals surface area contributed by atoms with Gasteiger partial charge in [0.05, 0.1) is 0 Å². The number of hydrogen-bond donors (Lipinski definition) is 1. The van der Waals surface area contributed by atoms with Gasteiger partial charge in [0.1, 0.15) is 0 Å². The van der Waals surface area contributed by atoms with Gasteiger partial charge in [-0.3, -0.25) is 0 Å². The molecular weight excluding hydrogens is 234 g/mol. The first-order chi connectivity index (χ1) is 8.04. The van der Waals surface area contributed by atoms with Crippen molar-refractivity contribution < 1.29 is 0 Å². The molecule has 0 aliphatic carbocycles. The van der Waals surface area contributed by atoms with E-state index in [0.717, 1.165) is 17.6 Å². The Morgan fingerprint density at radius 3 is 2.47 bits per heavy atom. The molecule has 17 heavy (non-hydrogen) atoms. The minimum atomic E-state index is 0.548. The molecule has 0 saturated carbocycles. The Hall–Kier alpha value is -0.880. The lowest BCUT2D eigenvalue weighted by molar-refractivity contribution is 0.288. The summed E-state index contributed by atoms with van der Waals surface area (Å²) in [6.07, 6.45) is 2.39. The van der Waals surface area contributed by atoms with Crippen LogP contribution in [0.25, 0.3) is 0 Å². The molecule has 0 aromatic carbocycles. The fraction of sp³-hybridized carbons (Fsp3) is 0.818. The summed E-state index contributed by atoms with van der Waals surface area (Å²) in [5.41, 5.74) is 0. The van der Waals surface area contributed by atoms with Crippen molar-refractivity contribution in [2.45, 2.75) is 25.8 Å². The first kappa shape index (κ1) is 14.2. The van der Waals surface area contributed by atoms with E-state index < -0.39 is 0 Å². The second kappa shape index (κ2) is 6.76. The number of rotatable bonds is 7. The highest BCUT2D eigenvalue weighted by atomic mass is 32.1. The van der Waals surface area contributed by atoms with Crippen molar-refractivity contribution in [3.05, 3.63) is 0 Å².